The van der Waals surface area contributed by atoms with E-state index in [0.717, 1.165) is 0 Å². The van der Waals surface area contributed by atoms with Crippen LogP contribution >= 0.6 is 0 Å². The summed E-state index contributed by atoms with van der Waals surface area (Å²) in [4.78, 5) is 43.4. The largest absolute Gasteiger partial charge is 0.363 e. The van der Waals surface area contributed by atoms with Gasteiger partial charge in [0.1, 0.15) is 0 Å². The first kappa shape index (κ1) is 14.7. The SMILES string of the molecule is C[C@@H]1CN(C)C[C@H](C(=O)ON2C(=O)c3ccccc3C2=O)O1. The maximum absolute atomic E-state index is 12.2. The first-order valence-corrected chi connectivity index (χ1v) is 7.01. The number of ether oxygens (including phenoxy) is 1. The molecule has 1 fully saturated rings. The van der Waals surface area contributed by atoms with E-state index in [9.17, 15) is 14.4 Å². The van der Waals surface area contributed by atoms with Gasteiger partial charge < -0.3 is 14.5 Å². The van der Waals surface area contributed by atoms with Crippen LogP contribution in [0.3, 0.4) is 0 Å². The Morgan fingerprint density at radius 1 is 1.18 bits per heavy atom. The number of hydrogen-bond acceptors (Lipinski definition) is 6. The van der Waals surface area contributed by atoms with Gasteiger partial charge in [0.15, 0.2) is 6.10 Å². The fourth-order valence-corrected chi connectivity index (χ4v) is 2.69. The van der Waals surface area contributed by atoms with Crippen molar-refractivity contribution in [1.29, 1.82) is 0 Å². The Labute approximate surface area is 127 Å². The molecule has 0 saturated carbocycles. The number of hydroxylamine groups is 2. The number of carbonyl (C=O) groups excluding carboxylic acids is 3. The fourth-order valence-electron chi connectivity index (χ4n) is 2.69. The normalized spacial score (nSPS) is 25.3. The minimum atomic E-state index is -0.821. The van der Waals surface area contributed by atoms with Crippen molar-refractivity contribution in [1.82, 2.24) is 9.96 Å². The maximum Gasteiger partial charge on any atom is 0.363 e. The van der Waals surface area contributed by atoms with Crippen LogP contribution in [0.5, 0.6) is 0 Å². The highest BCUT2D eigenvalue weighted by Gasteiger charge is 2.40. The van der Waals surface area contributed by atoms with E-state index < -0.39 is 23.9 Å². The molecule has 2 atom stereocenters. The molecule has 0 unspecified atom stereocenters. The molecule has 2 aliphatic heterocycles. The van der Waals surface area contributed by atoms with E-state index >= 15 is 0 Å². The molecule has 22 heavy (non-hydrogen) atoms. The molecular weight excluding hydrogens is 288 g/mol. The summed E-state index contributed by atoms with van der Waals surface area (Å²) in [5, 5.41) is 0.510. The van der Waals surface area contributed by atoms with E-state index in [4.69, 9.17) is 9.57 Å². The molecule has 7 heteroatoms. The van der Waals surface area contributed by atoms with Gasteiger partial charge in [0.05, 0.1) is 17.2 Å². The van der Waals surface area contributed by atoms with Gasteiger partial charge in [0, 0.05) is 13.1 Å². The second-order valence-corrected chi connectivity index (χ2v) is 5.52. The Morgan fingerprint density at radius 2 is 1.77 bits per heavy atom. The van der Waals surface area contributed by atoms with Gasteiger partial charge in [0.25, 0.3) is 11.8 Å². The molecule has 2 heterocycles. The third kappa shape index (κ3) is 2.49. The van der Waals surface area contributed by atoms with Gasteiger partial charge in [-0.15, -0.1) is 0 Å². The summed E-state index contributed by atoms with van der Waals surface area (Å²) in [6, 6.07) is 6.35. The van der Waals surface area contributed by atoms with Crippen LogP contribution < -0.4 is 0 Å². The zero-order chi connectivity index (χ0) is 15.9. The van der Waals surface area contributed by atoms with Crippen LogP contribution in [-0.4, -0.2) is 60.1 Å². The second-order valence-electron chi connectivity index (χ2n) is 5.52. The van der Waals surface area contributed by atoms with Crippen molar-refractivity contribution in [3.05, 3.63) is 35.4 Å². The Kier molecular flexibility index (Phi) is 3.67. The molecule has 0 aliphatic carbocycles. The molecule has 1 aromatic rings. The Balaban J connectivity index is 1.73. The van der Waals surface area contributed by atoms with Crippen LogP contribution in [0.2, 0.25) is 0 Å². The summed E-state index contributed by atoms with van der Waals surface area (Å²) in [5.74, 6) is -2.01. The monoisotopic (exact) mass is 304 g/mol. The van der Waals surface area contributed by atoms with Gasteiger partial charge in [-0.3, -0.25) is 9.59 Å². The minimum Gasteiger partial charge on any atom is -0.361 e. The molecule has 0 aromatic heterocycles. The first-order chi connectivity index (χ1) is 10.5. The second kappa shape index (κ2) is 5.51. The van der Waals surface area contributed by atoms with Gasteiger partial charge in [-0.05, 0) is 26.1 Å². The Bertz CT molecular complexity index is 600. The number of morpholine rings is 1. The Morgan fingerprint density at radius 3 is 2.32 bits per heavy atom. The highest BCUT2D eigenvalue weighted by Crippen LogP contribution is 2.23. The molecular formula is C15H16N2O5. The van der Waals surface area contributed by atoms with Gasteiger partial charge in [-0.25, -0.2) is 4.79 Å². The summed E-state index contributed by atoms with van der Waals surface area (Å²) < 4.78 is 5.51. The van der Waals surface area contributed by atoms with Crippen LogP contribution in [0.15, 0.2) is 24.3 Å². The van der Waals surface area contributed by atoms with Gasteiger partial charge >= 0.3 is 5.97 Å². The van der Waals surface area contributed by atoms with Crippen LogP contribution in [0.25, 0.3) is 0 Å². The topological polar surface area (TPSA) is 76.2 Å². The standard InChI is InChI=1S/C15H16N2O5/c1-9-7-16(2)8-12(21-9)15(20)22-17-13(18)10-5-3-4-6-11(10)14(17)19/h3-6,9,12H,7-8H2,1-2H3/t9-,12-/m1/s1. The van der Waals surface area contributed by atoms with Gasteiger partial charge in [0.2, 0.25) is 0 Å². The number of amides is 2. The Hall–Kier alpha value is -2.25. The van der Waals surface area contributed by atoms with Crippen LogP contribution in [0, 0.1) is 0 Å². The lowest BCUT2D eigenvalue weighted by Crippen LogP contribution is -2.50. The number of imide groups is 1. The summed E-state index contributed by atoms with van der Waals surface area (Å²) in [6.07, 6.45) is -0.948. The molecule has 1 aromatic carbocycles. The number of nitrogens with zero attached hydrogens (tertiary/aromatic N) is 2. The number of fused-ring (bicyclic) bond motifs is 1. The zero-order valence-corrected chi connectivity index (χ0v) is 12.3. The summed E-state index contributed by atoms with van der Waals surface area (Å²) in [6.45, 7) is 2.90. The van der Waals surface area contributed by atoms with E-state index in [1.54, 1.807) is 12.1 Å². The van der Waals surface area contributed by atoms with Crippen molar-refractivity contribution in [3.8, 4) is 0 Å². The number of carbonyl (C=O) groups is 3. The molecule has 7 nitrogen and oxygen atoms in total. The van der Waals surface area contributed by atoms with Crippen LogP contribution in [0.1, 0.15) is 27.6 Å². The average Bonchev–Trinajstić information content (AvgIpc) is 2.72. The lowest BCUT2D eigenvalue weighted by atomic mass is 10.1. The molecule has 0 bridgehead atoms. The van der Waals surface area contributed by atoms with E-state index in [2.05, 4.69) is 0 Å². The quantitative estimate of drug-likeness (QED) is 0.739. The molecule has 2 amide bonds. The van der Waals surface area contributed by atoms with Crippen LogP contribution in [0.4, 0.5) is 0 Å². The van der Waals surface area contributed by atoms with E-state index in [1.165, 1.54) is 12.1 Å². The molecule has 2 aliphatic rings. The first-order valence-electron chi connectivity index (χ1n) is 7.01. The zero-order valence-electron chi connectivity index (χ0n) is 12.3. The minimum absolute atomic E-state index is 0.126. The van der Waals surface area contributed by atoms with Crippen molar-refractivity contribution in [3.63, 3.8) is 0 Å². The lowest BCUT2D eigenvalue weighted by Gasteiger charge is -2.33. The number of rotatable bonds is 2. The maximum atomic E-state index is 12.2. The van der Waals surface area contributed by atoms with Crippen LogP contribution in [-0.2, 0) is 14.4 Å². The fraction of sp³-hybridized carbons (Fsp3) is 0.400. The molecule has 3 rings (SSSR count). The van der Waals surface area contributed by atoms with Gasteiger partial charge in [-0.2, -0.15) is 0 Å². The predicted molar refractivity (Wildman–Crippen MR) is 74.9 cm³/mol. The van der Waals surface area contributed by atoms with E-state index in [0.29, 0.717) is 18.2 Å². The van der Waals surface area contributed by atoms with Crippen molar-refractivity contribution in [2.45, 2.75) is 19.1 Å². The summed E-state index contributed by atoms with van der Waals surface area (Å²) in [7, 11) is 1.86. The van der Waals surface area contributed by atoms with Crippen molar-refractivity contribution in [2.24, 2.45) is 0 Å². The molecule has 0 radical (unpaired) electrons. The van der Waals surface area contributed by atoms with Crippen molar-refractivity contribution < 1.29 is 24.0 Å². The van der Waals surface area contributed by atoms with Crippen molar-refractivity contribution in [2.75, 3.05) is 20.1 Å². The van der Waals surface area contributed by atoms with Gasteiger partial charge in [-0.1, -0.05) is 17.2 Å². The average molecular weight is 304 g/mol. The number of benzene rings is 1. The highest BCUT2D eigenvalue weighted by atomic mass is 16.7. The lowest BCUT2D eigenvalue weighted by molar-refractivity contribution is -0.191. The smallest absolute Gasteiger partial charge is 0.361 e. The highest BCUT2D eigenvalue weighted by molar-refractivity contribution is 6.20. The van der Waals surface area contributed by atoms with Crippen molar-refractivity contribution >= 4 is 17.8 Å². The number of likely N-dealkylation sites (N-methyl/N-ethyl adjacent to an activating group) is 1. The summed E-state index contributed by atoms with van der Waals surface area (Å²) in [5.41, 5.74) is 0.464. The number of hydrogen-bond donors (Lipinski definition) is 0. The predicted octanol–water partition coefficient (Wildman–Crippen LogP) is 0.460. The summed E-state index contributed by atoms with van der Waals surface area (Å²) >= 11 is 0. The third-order valence-corrected chi connectivity index (χ3v) is 3.64. The molecule has 116 valence electrons. The molecule has 0 spiro atoms. The van der Waals surface area contributed by atoms with E-state index in [1.807, 2.05) is 18.9 Å². The third-order valence-electron chi connectivity index (χ3n) is 3.64. The molecule has 0 N–H and O–H groups in total. The molecule has 1 saturated heterocycles. The van der Waals surface area contributed by atoms with E-state index in [-0.39, 0.29) is 17.2 Å².